The summed E-state index contributed by atoms with van der Waals surface area (Å²) in [6.45, 7) is 4.41. The molecular weight excluding hydrogens is 773 g/mol. The van der Waals surface area contributed by atoms with Crippen molar-refractivity contribution in [2.45, 2.75) is 26.9 Å². The van der Waals surface area contributed by atoms with Crippen molar-refractivity contribution in [3.8, 4) is 0 Å². The van der Waals surface area contributed by atoms with Gasteiger partial charge in [-0.15, -0.1) is 0 Å². The highest BCUT2D eigenvalue weighted by Crippen LogP contribution is 2.52. The summed E-state index contributed by atoms with van der Waals surface area (Å²) in [5.41, 5.74) is 2.09. The van der Waals surface area contributed by atoms with Gasteiger partial charge in [0, 0.05) is 11.1 Å². The highest BCUT2D eigenvalue weighted by molar-refractivity contribution is 7.94. The number of fused-ring (bicyclic) bond motifs is 1. The molecule has 0 spiro atoms. The first-order valence-electron chi connectivity index (χ1n) is 18.2. The summed E-state index contributed by atoms with van der Waals surface area (Å²) in [6, 6.07) is 63.5. The van der Waals surface area contributed by atoms with E-state index in [4.69, 9.17) is 0 Å². The third-order valence-electron chi connectivity index (χ3n) is 10.4. The van der Waals surface area contributed by atoms with Crippen molar-refractivity contribution >= 4 is 46.7 Å². The standard InChI is InChI=1S/C46H42N4O2P2.2ClH/c1-35-43(33-47-53(37-21-9-3-10-22-37,38-23-11-4-12-24-38)39-25-13-5-14-26-39)49-44(36(2)46(52)50(49)45(35)51)34-48-54(40-27-15-6-16-28-40,41-29-17-7-18-30-41)42-31-19-8-20-32-42;;/h3-32,47-48H,33-34H2,1-2H3;2*1H/q+2;;/p-2. The Bertz CT molecular complexity index is 2240. The first kappa shape index (κ1) is 40.8. The van der Waals surface area contributed by atoms with E-state index in [1.54, 1.807) is 0 Å². The largest absolute Gasteiger partial charge is 1.00 e. The van der Waals surface area contributed by atoms with Crippen LogP contribution in [0.2, 0.25) is 0 Å². The molecule has 8 rings (SSSR count). The van der Waals surface area contributed by atoms with E-state index in [2.05, 4.69) is 156 Å². The predicted molar refractivity (Wildman–Crippen MR) is 228 cm³/mol. The minimum atomic E-state index is -2.45. The molecule has 0 aliphatic rings. The van der Waals surface area contributed by atoms with Crippen molar-refractivity contribution in [2.75, 3.05) is 0 Å². The van der Waals surface area contributed by atoms with Crippen molar-refractivity contribution in [1.29, 1.82) is 0 Å². The van der Waals surface area contributed by atoms with Gasteiger partial charge in [0.05, 0.1) is 24.5 Å². The highest BCUT2D eigenvalue weighted by Gasteiger charge is 2.47. The number of halogens is 2. The van der Waals surface area contributed by atoms with Gasteiger partial charge >= 0.3 is 0 Å². The molecule has 0 amide bonds. The van der Waals surface area contributed by atoms with E-state index in [9.17, 15) is 9.59 Å². The third kappa shape index (κ3) is 7.03. The Kier molecular flexibility index (Phi) is 12.7. The smallest absolute Gasteiger partial charge is 0.277 e. The van der Waals surface area contributed by atoms with Crippen LogP contribution in [0.4, 0.5) is 0 Å². The summed E-state index contributed by atoms with van der Waals surface area (Å²) in [5, 5.41) is 15.2. The molecular formula is C46H42Cl2N4O2P2. The number of hydrogen-bond donors (Lipinski definition) is 2. The monoisotopic (exact) mass is 814 g/mol. The molecule has 6 nitrogen and oxygen atoms in total. The lowest BCUT2D eigenvalue weighted by Gasteiger charge is -2.28. The summed E-state index contributed by atoms with van der Waals surface area (Å²) < 4.78 is 3.22. The molecule has 0 saturated heterocycles. The quantitative estimate of drug-likeness (QED) is 0.168. The molecule has 0 saturated carbocycles. The van der Waals surface area contributed by atoms with Gasteiger partial charge in [-0.05, 0) is 86.6 Å². The van der Waals surface area contributed by atoms with E-state index >= 15 is 0 Å². The van der Waals surface area contributed by atoms with Gasteiger partial charge in [-0.25, -0.2) is 4.52 Å². The maximum absolute atomic E-state index is 14.0. The van der Waals surface area contributed by atoms with Gasteiger partial charge in [0.1, 0.15) is 31.8 Å². The van der Waals surface area contributed by atoms with Crippen LogP contribution in [0.1, 0.15) is 22.5 Å². The van der Waals surface area contributed by atoms with Gasteiger partial charge in [0.2, 0.25) is 0 Å². The molecule has 56 heavy (non-hydrogen) atoms. The van der Waals surface area contributed by atoms with E-state index in [-0.39, 0.29) is 35.9 Å². The van der Waals surface area contributed by atoms with Crippen LogP contribution < -0.4 is 77.9 Å². The highest BCUT2D eigenvalue weighted by atomic mass is 35.5. The second-order valence-corrected chi connectivity index (χ2v) is 19.8. The summed E-state index contributed by atoms with van der Waals surface area (Å²) in [6.07, 6.45) is 0. The molecule has 2 heterocycles. The fourth-order valence-electron chi connectivity index (χ4n) is 7.71. The van der Waals surface area contributed by atoms with Crippen LogP contribution in [0.15, 0.2) is 192 Å². The molecule has 0 radical (unpaired) electrons. The zero-order valence-corrected chi connectivity index (χ0v) is 34.4. The van der Waals surface area contributed by atoms with Crippen molar-refractivity contribution in [3.05, 3.63) is 225 Å². The van der Waals surface area contributed by atoms with E-state index in [1.165, 1.54) is 36.3 Å². The Morgan fingerprint density at radius 1 is 0.375 bits per heavy atom. The van der Waals surface area contributed by atoms with Crippen molar-refractivity contribution < 1.29 is 24.8 Å². The second kappa shape index (κ2) is 17.5. The van der Waals surface area contributed by atoms with Crippen LogP contribution >= 0.6 is 14.8 Å². The van der Waals surface area contributed by atoms with Crippen LogP contribution in [-0.2, 0) is 13.1 Å². The van der Waals surface area contributed by atoms with Crippen LogP contribution in [0.3, 0.4) is 0 Å². The van der Waals surface area contributed by atoms with E-state index in [0.29, 0.717) is 24.2 Å². The molecule has 282 valence electrons. The lowest BCUT2D eigenvalue weighted by molar-refractivity contribution is -0.001000. The molecule has 0 bridgehead atoms. The molecule has 0 aliphatic heterocycles. The van der Waals surface area contributed by atoms with Gasteiger partial charge in [-0.3, -0.25) is 9.59 Å². The summed E-state index contributed by atoms with van der Waals surface area (Å²) >= 11 is 0. The molecule has 2 aromatic heterocycles. The molecule has 0 aliphatic carbocycles. The zero-order chi connectivity index (χ0) is 37.1. The fourth-order valence-corrected chi connectivity index (χ4v) is 15.1. The molecule has 2 N–H and O–H groups in total. The normalized spacial score (nSPS) is 11.5. The third-order valence-corrected chi connectivity index (χ3v) is 18.1. The van der Waals surface area contributed by atoms with E-state index in [0.717, 1.165) is 11.4 Å². The van der Waals surface area contributed by atoms with Crippen molar-refractivity contribution in [1.82, 2.24) is 19.2 Å². The number of nitrogens with zero attached hydrogens (tertiary/aromatic N) is 2. The zero-order valence-electron chi connectivity index (χ0n) is 31.1. The average Bonchev–Trinajstić information content (AvgIpc) is 3.64. The SMILES string of the molecule is Cc1c(CN[P+](c2ccccc2)(c2ccccc2)c2ccccc2)n2c(CN[P+](c3ccccc3)(c3ccccc3)c3ccccc3)c(C)c(=O)n2c1=O.[Cl-].[Cl-]. The first-order chi connectivity index (χ1) is 26.5. The molecule has 8 aromatic rings. The van der Waals surface area contributed by atoms with Gasteiger partial charge in [-0.2, -0.15) is 14.7 Å². The van der Waals surface area contributed by atoms with Crippen molar-refractivity contribution in [2.24, 2.45) is 0 Å². The molecule has 0 unspecified atom stereocenters. The second-order valence-electron chi connectivity index (χ2n) is 13.4. The fraction of sp³-hybridized carbons (Fsp3) is 0.0870. The Labute approximate surface area is 341 Å². The van der Waals surface area contributed by atoms with Gasteiger partial charge in [-0.1, -0.05) is 109 Å². The Hall–Kier alpha value is -4.90. The minimum absolute atomic E-state index is 0. The van der Waals surface area contributed by atoms with Crippen molar-refractivity contribution in [3.63, 3.8) is 0 Å². The predicted octanol–water partition coefficient (Wildman–Crippen LogP) is -0.181. The van der Waals surface area contributed by atoms with Gasteiger partial charge in [0.25, 0.3) is 11.1 Å². The minimum Gasteiger partial charge on any atom is -1.00 e. The summed E-state index contributed by atoms with van der Waals surface area (Å²) in [5.74, 6) is 0. The van der Waals surface area contributed by atoms with Crippen LogP contribution in [0, 0.1) is 13.8 Å². The topological polar surface area (TPSA) is 67.0 Å². The Morgan fingerprint density at radius 2 is 0.589 bits per heavy atom. The number of hydrogen-bond acceptors (Lipinski definition) is 4. The van der Waals surface area contributed by atoms with Gasteiger partial charge in [0.15, 0.2) is 14.8 Å². The summed E-state index contributed by atoms with van der Waals surface area (Å²) in [7, 11) is -4.91. The molecule has 0 fully saturated rings. The first-order valence-corrected chi connectivity index (χ1v) is 21.7. The maximum atomic E-state index is 14.0. The summed E-state index contributed by atoms with van der Waals surface area (Å²) in [4.78, 5) is 28.1. The Morgan fingerprint density at radius 3 is 0.804 bits per heavy atom. The average molecular weight is 816 g/mol. The number of rotatable bonds is 12. The van der Waals surface area contributed by atoms with Crippen LogP contribution in [-0.4, -0.2) is 9.03 Å². The van der Waals surface area contributed by atoms with E-state index in [1.807, 2.05) is 54.8 Å². The number of aromatic nitrogens is 2. The Balaban J connectivity index is 0.00000266. The van der Waals surface area contributed by atoms with Gasteiger partial charge < -0.3 is 24.8 Å². The lowest BCUT2D eigenvalue weighted by atomic mass is 10.2. The lowest BCUT2D eigenvalue weighted by Crippen LogP contribution is -3.00. The number of benzene rings is 6. The van der Waals surface area contributed by atoms with E-state index < -0.39 is 14.8 Å². The molecule has 10 heteroatoms. The van der Waals surface area contributed by atoms with Crippen LogP contribution in [0.25, 0.3) is 0 Å². The number of nitrogens with one attached hydrogen (secondary N) is 2. The maximum Gasteiger partial charge on any atom is 0.277 e. The molecule has 6 aromatic carbocycles. The molecule has 0 atom stereocenters. The van der Waals surface area contributed by atoms with Crippen LogP contribution in [0.5, 0.6) is 0 Å².